The lowest BCUT2D eigenvalue weighted by atomic mass is 10.0. The van der Waals surface area contributed by atoms with Crippen LogP contribution in [0.2, 0.25) is 0 Å². The lowest BCUT2D eigenvalue weighted by Crippen LogP contribution is -2.51. The maximum Gasteiger partial charge on any atom is 0.242 e. The molecule has 0 bridgehead atoms. The van der Waals surface area contributed by atoms with Gasteiger partial charge in [0.2, 0.25) is 11.8 Å². The van der Waals surface area contributed by atoms with Crippen LogP contribution in [-0.2, 0) is 9.59 Å². The van der Waals surface area contributed by atoms with E-state index in [4.69, 9.17) is 4.74 Å². The highest BCUT2D eigenvalue weighted by molar-refractivity contribution is 5.86. The van der Waals surface area contributed by atoms with E-state index in [0.717, 1.165) is 30.8 Å². The number of hydrogen-bond acceptors (Lipinski definition) is 4. The fourth-order valence-corrected chi connectivity index (χ4v) is 3.47. The second-order valence-electron chi connectivity index (χ2n) is 6.96. The molecule has 136 valence electrons. The smallest absolute Gasteiger partial charge is 0.242 e. The van der Waals surface area contributed by atoms with Crippen molar-refractivity contribution in [2.45, 2.75) is 38.8 Å². The van der Waals surface area contributed by atoms with Crippen LogP contribution in [0.4, 0.5) is 0 Å². The van der Waals surface area contributed by atoms with Crippen LogP contribution < -0.4 is 10.1 Å². The molecule has 6 nitrogen and oxygen atoms in total. The molecule has 0 saturated carbocycles. The van der Waals surface area contributed by atoms with E-state index in [9.17, 15) is 9.59 Å². The molecule has 1 aromatic carbocycles. The lowest BCUT2D eigenvalue weighted by molar-refractivity contribution is -0.140. The van der Waals surface area contributed by atoms with Crippen molar-refractivity contribution in [1.82, 2.24) is 15.1 Å². The summed E-state index contributed by atoms with van der Waals surface area (Å²) in [5, 5.41) is 3.36. The molecule has 0 unspecified atom stereocenters. The minimum absolute atomic E-state index is 0.00736. The summed E-state index contributed by atoms with van der Waals surface area (Å²) >= 11 is 0. The Morgan fingerprint density at radius 3 is 2.68 bits per heavy atom. The second kappa shape index (κ2) is 7.87. The highest BCUT2D eigenvalue weighted by Crippen LogP contribution is 2.25. The fraction of sp³-hybridized carbons (Fsp3) is 0.579. The number of nitrogens with one attached hydrogen (secondary N) is 1. The molecule has 3 rings (SSSR count). The maximum atomic E-state index is 12.8. The molecule has 2 saturated heterocycles. The molecule has 2 aliphatic heterocycles. The standard InChI is InChI=1S/C19H27N3O3/c1-14(2)25-16-7-5-15(6-8-16)17-12-20-9-11-22(17)19(24)13-21-10-3-4-18(21)23/h5-8,14,17,20H,3-4,9-13H2,1-2H3/t17-/m1/s1. The molecule has 0 radical (unpaired) electrons. The van der Waals surface area contributed by atoms with E-state index in [1.54, 1.807) is 4.90 Å². The van der Waals surface area contributed by atoms with Gasteiger partial charge >= 0.3 is 0 Å². The van der Waals surface area contributed by atoms with Gasteiger partial charge < -0.3 is 19.9 Å². The number of rotatable bonds is 5. The molecule has 0 aliphatic carbocycles. The van der Waals surface area contributed by atoms with Crippen LogP contribution >= 0.6 is 0 Å². The number of ether oxygens (including phenoxy) is 1. The molecule has 0 spiro atoms. The molecular weight excluding hydrogens is 318 g/mol. The second-order valence-corrected chi connectivity index (χ2v) is 6.96. The van der Waals surface area contributed by atoms with Crippen molar-refractivity contribution in [3.05, 3.63) is 29.8 Å². The fourth-order valence-electron chi connectivity index (χ4n) is 3.47. The summed E-state index contributed by atoms with van der Waals surface area (Å²) in [4.78, 5) is 28.2. The number of carbonyl (C=O) groups is 2. The van der Waals surface area contributed by atoms with Crippen LogP contribution in [0.25, 0.3) is 0 Å². The Bertz CT molecular complexity index is 615. The Kier molecular flexibility index (Phi) is 5.58. The van der Waals surface area contributed by atoms with Gasteiger partial charge in [-0.05, 0) is 38.0 Å². The highest BCUT2D eigenvalue weighted by Gasteiger charge is 2.31. The van der Waals surface area contributed by atoms with Crippen LogP contribution in [0.5, 0.6) is 5.75 Å². The Morgan fingerprint density at radius 1 is 1.28 bits per heavy atom. The van der Waals surface area contributed by atoms with E-state index in [-0.39, 0.29) is 30.5 Å². The Hall–Kier alpha value is -2.08. The topological polar surface area (TPSA) is 61.9 Å². The first-order chi connectivity index (χ1) is 12.0. The molecule has 2 heterocycles. The summed E-state index contributed by atoms with van der Waals surface area (Å²) in [6.45, 7) is 7.06. The van der Waals surface area contributed by atoms with Crippen molar-refractivity contribution >= 4 is 11.8 Å². The van der Waals surface area contributed by atoms with Crippen LogP contribution in [-0.4, -0.2) is 60.4 Å². The van der Waals surface area contributed by atoms with Gasteiger partial charge in [-0.2, -0.15) is 0 Å². The van der Waals surface area contributed by atoms with Crippen molar-refractivity contribution in [3.8, 4) is 5.75 Å². The Balaban J connectivity index is 1.69. The average Bonchev–Trinajstić information content (AvgIpc) is 3.00. The molecule has 1 N–H and O–H groups in total. The molecule has 1 aromatic rings. The predicted molar refractivity (Wildman–Crippen MR) is 95.3 cm³/mol. The first-order valence-electron chi connectivity index (χ1n) is 9.09. The van der Waals surface area contributed by atoms with E-state index in [0.29, 0.717) is 19.5 Å². The molecule has 25 heavy (non-hydrogen) atoms. The van der Waals surface area contributed by atoms with Crippen LogP contribution in [0.15, 0.2) is 24.3 Å². The number of amides is 2. The van der Waals surface area contributed by atoms with Crippen LogP contribution in [0, 0.1) is 0 Å². The number of benzene rings is 1. The van der Waals surface area contributed by atoms with E-state index in [1.165, 1.54) is 0 Å². The number of nitrogens with zero attached hydrogens (tertiary/aromatic N) is 2. The predicted octanol–water partition coefficient (Wildman–Crippen LogP) is 1.57. The minimum Gasteiger partial charge on any atom is -0.491 e. The molecule has 6 heteroatoms. The van der Waals surface area contributed by atoms with Crippen molar-refractivity contribution in [2.24, 2.45) is 0 Å². The quantitative estimate of drug-likeness (QED) is 0.880. The molecule has 2 amide bonds. The summed E-state index contributed by atoms with van der Waals surface area (Å²) in [6.07, 6.45) is 1.56. The van der Waals surface area contributed by atoms with Gasteiger partial charge in [-0.3, -0.25) is 9.59 Å². The molecule has 2 aliphatic rings. The number of hydrogen-bond donors (Lipinski definition) is 1. The lowest BCUT2D eigenvalue weighted by Gasteiger charge is -2.37. The normalized spacial score (nSPS) is 21.1. The number of likely N-dealkylation sites (tertiary alicyclic amines) is 1. The van der Waals surface area contributed by atoms with E-state index >= 15 is 0 Å². The van der Waals surface area contributed by atoms with Gasteiger partial charge in [0.25, 0.3) is 0 Å². The Morgan fingerprint density at radius 2 is 2.04 bits per heavy atom. The average molecular weight is 345 g/mol. The molecule has 0 aromatic heterocycles. The van der Waals surface area contributed by atoms with Gasteiger partial charge in [0, 0.05) is 32.6 Å². The third-order valence-electron chi connectivity index (χ3n) is 4.70. The molecule has 2 fully saturated rings. The zero-order chi connectivity index (χ0) is 17.8. The molecule has 1 atom stereocenters. The van der Waals surface area contributed by atoms with Crippen molar-refractivity contribution in [2.75, 3.05) is 32.7 Å². The summed E-state index contributed by atoms with van der Waals surface area (Å²) in [7, 11) is 0. The SMILES string of the molecule is CC(C)Oc1ccc([C@H]2CNCCN2C(=O)CN2CCCC2=O)cc1. The zero-order valence-corrected chi connectivity index (χ0v) is 15.0. The van der Waals surface area contributed by atoms with Gasteiger partial charge in [0.1, 0.15) is 5.75 Å². The van der Waals surface area contributed by atoms with Crippen LogP contribution in [0.1, 0.15) is 38.3 Å². The molecular formula is C19H27N3O3. The zero-order valence-electron chi connectivity index (χ0n) is 15.0. The van der Waals surface area contributed by atoms with Gasteiger partial charge in [0.05, 0.1) is 18.7 Å². The first kappa shape index (κ1) is 17.7. The highest BCUT2D eigenvalue weighted by atomic mass is 16.5. The van der Waals surface area contributed by atoms with E-state index in [1.807, 2.05) is 43.0 Å². The Labute approximate surface area is 149 Å². The van der Waals surface area contributed by atoms with E-state index < -0.39 is 0 Å². The minimum atomic E-state index is -0.00736. The van der Waals surface area contributed by atoms with Gasteiger partial charge in [-0.25, -0.2) is 0 Å². The maximum absolute atomic E-state index is 12.8. The van der Waals surface area contributed by atoms with Gasteiger partial charge in [-0.1, -0.05) is 12.1 Å². The van der Waals surface area contributed by atoms with Crippen molar-refractivity contribution in [1.29, 1.82) is 0 Å². The first-order valence-corrected chi connectivity index (χ1v) is 9.09. The van der Waals surface area contributed by atoms with E-state index in [2.05, 4.69) is 5.32 Å². The number of piperazine rings is 1. The summed E-state index contributed by atoms with van der Waals surface area (Å²) in [6, 6.07) is 7.95. The third-order valence-corrected chi connectivity index (χ3v) is 4.70. The van der Waals surface area contributed by atoms with Gasteiger partial charge in [0.15, 0.2) is 0 Å². The largest absolute Gasteiger partial charge is 0.491 e. The third kappa shape index (κ3) is 4.31. The van der Waals surface area contributed by atoms with Gasteiger partial charge in [-0.15, -0.1) is 0 Å². The summed E-state index contributed by atoms with van der Waals surface area (Å²) in [5.74, 6) is 0.961. The summed E-state index contributed by atoms with van der Waals surface area (Å²) < 4.78 is 5.69. The monoisotopic (exact) mass is 345 g/mol. The van der Waals surface area contributed by atoms with Crippen molar-refractivity contribution in [3.63, 3.8) is 0 Å². The number of carbonyl (C=O) groups excluding carboxylic acids is 2. The summed E-state index contributed by atoms with van der Waals surface area (Å²) in [5.41, 5.74) is 1.09. The van der Waals surface area contributed by atoms with Crippen molar-refractivity contribution < 1.29 is 14.3 Å². The van der Waals surface area contributed by atoms with Crippen LogP contribution in [0.3, 0.4) is 0 Å².